The zero-order valence-corrected chi connectivity index (χ0v) is 14.5. The summed E-state index contributed by atoms with van der Waals surface area (Å²) >= 11 is 0. The average Bonchev–Trinajstić information content (AvgIpc) is 3.30. The van der Waals surface area contributed by atoms with E-state index in [9.17, 15) is 9.90 Å². The van der Waals surface area contributed by atoms with Crippen LogP contribution in [0, 0.1) is 0 Å². The number of carbonyl (C=O) groups is 1. The highest BCUT2D eigenvalue weighted by molar-refractivity contribution is 5.92. The van der Waals surface area contributed by atoms with Gasteiger partial charge in [0.1, 0.15) is 18.1 Å². The number of ether oxygens (including phenoxy) is 2. The van der Waals surface area contributed by atoms with E-state index < -0.39 is 6.10 Å². The highest BCUT2D eigenvalue weighted by atomic mass is 16.5. The summed E-state index contributed by atoms with van der Waals surface area (Å²) in [7, 11) is 3.18. The zero-order valence-electron chi connectivity index (χ0n) is 14.5. The summed E-state index contributed by atoms with van der Waals surface area (Å²) in [5.74, 6) is 1.42. The van der Waals surface area contributed by atoms with Crippen LogP contribution < -0.4 is 4.74 Å². The van der Waals surface area contributed by atoms with Crippen LogP contribution in [0.2, 0.25) is 0 Å². The number of rotatable bonds is 6. The van der Waals surface area contributed by atoms with Crippen molar-refractivity contribution in [2.75, 3.05) is 20.8 Å². The van der Waals surface area contributed by atoms with Crippen LogP contribution in [0.4, 0.5) is 0 Å². The first-order valence-corrected chi connectivity index (χ1v) is 8.34. The van der Waals surface area contributed by atoms with Gasteiger partial charge in [0.2, 0.25) is 0 Å². The molecule has 0 bridgehead atoms. The number of aliphatic hydroxyl groups is 1. The van der Waals surface area contributed by atoms with Gasteiger partial charge >= 0.3 is 0 Å². The van der Waals surface area contributed by atoms with Crippen molar-refractivity contribution in [1.29, 1.82) is 0 Å². The molecule has 6 heteroatoms. The minimum absolute atomic E-state index is 0.197. The summed E-state index contributed by atoms with van der Waals surface area (Å²) in [6.45, 7) is 0.933. The predicted octanol–water partition coefficient (Wildman–Crippen LogP) is 2.77. The van der Waals surface area contributed by atoms with E-state index in [0.29, 0.717) is 18.9 Å². The molecule has 1 fully saturated rings. The lowest BCUT2D eigenvalue weighted by atomic mass is 10.00. The van der Waals surface area contributed by atoms with Crippen molar-refractivity contribution in [3.05, 3.63) is 53.5 Å². The Bertz CT molecular complexity index is 709. The number of hydrogen-bond acceptors (Lipinski definition) is 5. The van der Waals surface area contributed by atoms with Gasteiger partial charge in [-0.15, -0.1) is 0 Å². The number of carbonyl (C=O) groups excluding carboxylic acids is 1. The third-order valence-corrected chi connectivity index (χ3v) is 4.54. The van der Waals surface area contributed by atoms with E-state index in [1.165, 1.54) is 0 Å². The van der Waals surface area contributed by atoms with Crippen LogP contribution in [-0.2, 0) is 11.3 Å². The van der Waals surface area contributed by atoms with E-state index in [-0.39, 0.29) is 17.7 Å². The minimum Gasteiger partial charge on any atom is -0.497 e. The molecular weight excluding hydrogens is 322 g/mol. The second-order valence-corrected chi connectivity index (χ2v) is 6.13. The molecule has 0 radical (unpaired) electrons. The summed E-state index contributed by atoms with van der Waals surface area (Å²) in [6.07, 6.45) is 0.866. The van der Waals surface area contributed by atoms with Gasteiger partial charge in [0.05, 0.1) is 19.3 Å². The molecule has 1 N–H and O–H groups in total. The van der Waals surface area contributed by atoms with Crippen LogP contribution in [0.3, 0.4) is 0 Å². The first kappa shape index (κ1) is 17.5. The van der Waals surface area contributed by atoms with Crippen LogP contribution in [0.1, 0.15) is 40.8 Å². The lowest BCUT2D eigenvalue weighted by molar-refractivity contribution is 0.0456. The fourth-order valence-electron chi connectivity index (χ4n) is 3.25. The topological polar surface area (TPSA) is 72.1 Å². The number of likely N-dealkylation sites (tertiary alicyclic amines) is 1. The van der Waals surface area contributed by atoms with Crippen molar-refractivity contribution in [3.63, 3.8) is 0 Å². The molecule has 2 unspecified atom stereocenters. The third kappa shape index (κ3) is 3.70. The van der Waals surface area contributed by atoms with Crippen molar-refractivity contribution in [3.8, 4) is 5.75 Å². The van der Waals surface area contributed by atoms with Crippen molar-refractivity contribution in [1.82, 2.24) is 4.90 Å². The molecule has 25 heavy (non-hydrogen) atoms. The van der Waals surface area contributed by atoms with Gasteiger partial charge < -0.3 is 23.9 Å². The number of aliphatic hydroxyl groups excluding tert-OH is 1. The summed E-state index contributed by atoms with van der Waals surface area (Å²) in [4.78, 5) is 14.5. The minimum atomic E-state index is -0.745. The molecular formula is C19H23NO5. The van der Waals surface area contributed by atoms with Gasteiger partial charge in [-0.05, 0) is 42.7 Å². The van der Waals surface area contributed by atoms with Crippen LogP contribution in [0.15, 0.2) is 40.8 Å². The van der Waals surface area contributed by atoms with E-state index in [1.54, 1.807) is 31.3 Å². The largest absolute Gasteiger partial charge is 0.497 e. The summed E-state index contributed by atoms with van der Waals surface area (Å²) < 4.78 is 15.7. The van der Waals surface area contributed by atoms with Gasteiger partial charge in [0, 0.05) is 13.7 Å². The van der Waals surface area contributed by atoms with Crippen molar-refractivity contribution in [2.24, 2.45) is 0 Å². The fourth-order valence-corrected chi connectivity index (χ4v) is 3.25. The van der Waals surface area contributed by atoms with Gasteiger partial charge in [-0.2, -0.15) is 0 Å². The number of furan rings is 1. The Labute approximate surface area is 147 Å². The van der Waals surface area contributed by atoms with Gasteiger partial charge in [0.15, 0.2) is 5.76 Å². The Morgan fingerprint density at radius 2 is 2.04 bits per heavy atom. The maximum Gasteiger partial charge on any atom is 0.289 e. The smallest absolute Gasteiger partial charge is 0.289 e. The van der Waals surface area contributed by atoms with Crippen molar-refractivity contribution in [2.45, 2.75) is 31.6 Å². The molecule has 1 amide bonds. The maximum atomic E-state index is 12.8. The Kier molecular flexibility index (Phi) is 5.40. The van der Waals surface area contributed by atoms with E-state index in [0.717, 1.165) is 24.2 Å². The molecule has 1 saturated heterocycles. The number of amides is 1. The second kappa shape index (κ2) is 7.72. The average molecular weight is 345 g/mol. The Morgan fingerprint density at radius 1 is 1.28 bits per heavy atom. The normalized spacial score (nSPS) is 18.4. The van der Waals surface area contributed by atoms with Gasteiger partial charge in [0.25, 0.3) is 5.91 Å². The molecule has 0 aliphatic carbocycles. The van der Waals surface area contributed by atoms with Gasteiger partial charge in [-0.3, -0.25) is 4.79 Å². The Hall–Kier alpha value is -2.31. The van der Waals surface area contributed by atoms with Crippen molar-refractivity contribution < 1.29 is 23.8 Å². The highest BCUT2D eigenvalue weighted by Gasteiger charge is 2.36. The number of benzene rings is 1. The number of methoxy groups -OCH3 is 2. The van der Waals surface area contributed by atoms with E-state index in [4.69, 9.17) is 13.9 Å². The molecule has 1 aliphatic heterocycles. The highest BCUT2D eigenvalue weighted by Crippen LogP contribution is 2.31. The third-order valence-electron chi connectivity index (χ3n) is 4.54. The first-order chi connectivity index (χ1) is 12.1. The molecule has 2 atom stereocenters. The standard InChI is InChI=1S/C19H23NO5/c1-23-12-15-9-10-17(25-15)19(22)20-11-3-4-16(20)18(21)13-5-7-14(24-2)8-6-13/h5-10,16,18,21H,3-4,11-12H2,1-2H3. The Morgan fingerprint density at radius 3 is 2.72 bits per heavy atom. The Balaban J connectivity index is 1.75. The molecule has 2 heterocycles. The quantitative estimate of drug-likeness (QED) is 0.872. The van der Waals surface area contributed by atoms with Gasteiger partial charge in [-0.1, -0.05) is 12.1 Å². The molecule has 1 aliphatic rings. The van der Waals surface area contributed by atoms with E-state index in [1.807, 2.05) is 24.3 Å². The maximum absolute atomic E-state index is 12.8. The van der Waals surface area contributed by atoms with E-state index in [2.05, 4.69) is 0 Å². The molecule has 1 aromatic heterocycles. The van der Waals surface area contributed by atoms with Crippen molar-refractivity contribution >= 4 is 5.91 Å². The number of hydrogen-bond donors (Lipinski definition) is 1. The van der Waals surface area contributed by atoms with Crippen LogP contribution in [-0.4, -0.2) is 42.7 Å². The molecule has 6 nitrogen and oxygen atoms in total. The summed E-state index contributed by atoms with van der Waals surface area (Å²) in [6, 6.07) is 10.4. The van der Waals surface area contributed by atoms with Crippen LogP contribution in [0.5, 0.6) is 5.75 Å². The van der Waals surface area contributed by atoms with Crippen LogP contribution >= 0.6 is 0 Å². The van der Waals surface area contributed by atoms with Gasteiger partial charge in [-0.25, -0.2) is 0 Å². The molecule has 0 spiro atoms. The lowest BCUT2D eigenvalue weighted by Gasteiger charge is -2.28. The molecule has 3 rings (SSSR count). The van der Waals surface area contributed by atoms with Crippen LogP contribution in [0.25, 0.3) is 0 Å². The molecule has 134 valence electrons. The predicted molar refractivity (Wildman–Crippen MR) is 91.4 cm³/mol. The monoisotopic (exact) mass is 345 g/mol. The fraction of sp³-hybridized carbons (Fsp3) is 0.421. The summed E-state index contributed by atoms with van der Waals surface area (Å²) in [5, 5.41) is 10.8. The zero-order chi connectivity index (χ0) is 17.8. The number of nitrogens with zero attached hydrogens (tertiary/aromatic N) is 1. The molecule has 2 aromatic rings. The lowest BCUT2D eigenvalue weighted by Crippen LogP contribution is -2.39. The first-order valence-electron chi connectivity index (χ1n) is 8.34. The second-order valence-electron chi connectivity index (χ2n) is 6.13. The molecule has 1 aromatic carbocycles. The summed E-state index contributed by atoms with van der Waals surface area (Å²) in [5.41, 5.74) is 0.769. The van der Waals surface area contributed by atoms with E-state index >= 15 is 0 Å². The molecule has 0 saturated carbocycles. The SMILES string of the molecule is COCc1ccc(C(=O)N2CCCC2C(O)c2ccc(OC)cc2)o1.